The summed E-state index contributed by atoms with van der Waals surface area (Å²) in [4.78, 5) is 0. The minimum absolute atomic E-state index is 1.05. The van der Waals surface area contributed by atoms with E-state index in [4.69, 9.17) is 0 Å². The van der Waals surface area contributed by atoms with Crippen LogP contribution in [-0.2, 0) is 0 Å². The molecule has 1 heteroatoms. The zero-order valence-corrected chi connectivity index (χ0v) is 19.2. The molecule has 5 aliphatic carbocycles. The van der Waals surface area contributed by atoms with Gasteiger partial charge < -0.3 is 0 Å². The smallest absolute Gasteiger partial charge is 0.0609 e. The third kappa shape index (κ3) is 2.51. The molecule has 0 aromatic heterocycles. The molecule has 1 saturated heterocycles. The van der Waals surface area contributed by atoms with Crippen molar-refractivity contribution in [2.24, 2.45) is 41.4 Å². The predicted octanol–water partition coefficient (Wildman–Crippen LogP) is 8.05. The maximum atomic E-state index is 2.96. The molecule has 1 aliphatic heterocycles. The third-order valence-corrected chi connectivity index (χ3v) is 18.9. The predicted molar refractivity (Wildman–Crippen MR) is 118 cm³/mol. The standard InChI is InChI=1S/C26H44Si/c1-17-15-21-16-20(18-7-4-3-5-8-18)11-13-22(21)26(17)27(2)23-10-6-9-19-12-14-24(27)25(19)23/h17-26H,3-16H2,1-2H3. The summed E-state index contributed by atoms with van der Waals surface area (Å²) in [5.41, 5.74) is 3.78. The Morgan fingerprint density at radius 2 is 1.33 bits per heavy atom. The molecule has 0 aromatic rings. The first kappa shape index (κ1) is 18.0. The van der Waals surface area contributed by atoms with Crippen LogP contribution in [0.4, 0.5) is 0 Å². The van der Waals surface area contributed by atoms with E-state index in [1.807, 2.05) is 0 Å². The molecule has 10 atom stereocenters. The second kappa shape index (κ2) is 6.61. The monoisotopic (exact) mass is 384 g/mol. The molecule has 10 unspecified atom stereocenters. The van der Waals surface area contributed by atoms with Gasteiger partial charge in [-0.3, -0.25) is 0 Å². The molecule has 6 rings (SSSR count). The van der Waals surface area contributed by atoms with Gasteiger partial charge in [0.25, 0.3) is 0 Å². The van der Waals surface area contributed by atoms with E-state index in [-0.39, 0.29) is 0 Å². The summed E-state index contributed by atoms with van der Waals surface area (Å²) in [6.45, 7) is 5.68. The van der Waals surface area contributed by atoms with Crippen molar-refractivity contribution in [1.82, 2.24) is 0 Å². The Labute approximate surface area is 169 Å². The number of rotatable bonds is 2. The lowest BCUT2D eigenvalue weighted by Crippen LogP contribution is -2.62. The van der Waals surface area contributed by atoms with Crippen molar-refractivity contribution in [2.75, 3.05) is 0 Å². The maximum Gasteiger partial charge on any atom is 0.0609 e. The van der Waals surface area contributed by atoms with Crippen LogP contribution in [-0.4, -0.2) is 8.07 Å². The Balaban J connectivity index is 1.21. The van der Waals surface area contributed by atoms with Crippen LogP contribution in [0, 0.1) is 41.4 Å². The zero-order chi connectivity index (χ0) is 18.2. The average molecular weight is 385 g/mol. The Hall–Kier alpha value is 0.217. The van der Waals surface area contributed by atoms with Crippen LogP contribution in [0.15, 0.2) is 0 Å². The molecule has 0 bridgehead atoms. The van der Waals surface area contributed by atoms with Gasteiger partial charge in [-0.1, -0.05) is 77.7 Å². The van der Waals surface area contributed by atoms with E-state index in [2.05, 4.69) is 13.5 Å². The van der Waals surface area contributed by atoms with E-state index in [9.17, 15) is 0 Å². The van der Waals surface area contributed by atoms with Crippen LogP contribution in [0.2, 0.25) is 23.2 Å². The summed E-state index contributed by atoms with van der Waals surface area (Å²) in [6, 6.07) is 0. The van der Waals surface area contributed by atoms with E-state index in [0.717, 1.165) is 23.7 Å². The van der Waals surface area contributed by atoms with Crippen molar-refractivity contribution in [1.29, 1.82) is 0 Å². The number of hydrogen-bond donors (Lipinski definition) is 0. The molecule has 152 valence electrons. The van der Waals surface area contributed by atoms with E-state index < -0.39 is 8.07 Å². The second-order valence-electron chi connectivity index (χ2n) is 12.6. The molecular weight excluding hydrogens is 340 g/mol. The Bertz CT molecular complexity index is 565. The van der Waals surface area contributed by atoms with E-state index in [1.54, 1.807) is 83.5 Å². The summed E-state index contributed by atoms with van der Waals surface area (Å²) >= 11 is 0. The molecule has 0 nitrogen and oxygen atoms in total. The maximum absolute atomic E-state index is 2.96. The highest BCUT2D eigenvalue weighted by Crippen LogP contribution is 2.76. The van der Waals surface area contributed by atoms with Crippen molar-refractivity contribution < 1.29 is 0 Å². The second-order valence-corrected chi connectivity index (χ2v) is 17.4. The Morgan fingerprint density at radius 1 is 0.593 bits per heavy atom. The van der Waals surface area contributed by atoms with Crippen molar-refractivity contribution in [3.8, 4) is 0 Å². The molecule has 6 aliphatic rings. The highest BCUT2D eigenvalue weighted by Gasteiger charge is 2.70. The third-order valence-electron chi connectivity index (χ3n) is 11.9. The lowest BCUT2D eigenvalue weighted by Gasteiger charge is -2.65. The lowest BCUT2D eigenvalue weighted by atomic mass is 9.68. The summed E-state index contributed by atoms with van der Waals surface area (Å²) in [7, 11) is -1.05. The number of fused-ring (bicyclic) bond motifs is 1. The molecular formula is C26H44Si. The average Bonchev–Trinajstić information content (AvgIpc) is 3.27. The molecule has 0 amide bonds. The molecule has 6 fully saturated rings. The fourth-order valence-electron chi connectivity index (χ4n) is 11.2. The fourth-order valence-corrected chi connectivity index (χ4v) is 19.4. The van der Waals surface area contributed by atoms with Gasteiger partial charge in [0.2, 0.25) is 0 Å². The van der Waals surface area contributed by atoms with Gasteiger partial charge in [-0.15, -0.1) is 0 Å². The van der Waals surface area contributed by atoms with Crippen molar-refractivity contribution in [3.63, 3.8) is 0 Å². The van der Waals surface area contributed by atoms with E-state index >= 15 is 0 Å². The molecule has 0 N–H and O–H groups in total. The van der Waals surface area contributed by atoms with Gasteiger partial charge in [-0.25, -0.2) is 0 Å². The van der Waals surface area contributed by atoms with Gasteiger partial charge in [0.05, 0.1) is 8.07 Å². The van der Waals surface area contributed by atoms with Gasteiger partial charge >= 0.3 is 0 Å². The molecule has 0 spiro atoms. The van der Waals surface area contributed by atoms with Gasteiger partial charge in [0.15, 0.2) is 0 Å². The summed E-state index contributed by atoms with van der Waals surface area (Å²) in [6.07, 6.45) is 22.5. The van der Waals surface area contributed by atoms with E-state index in [1.165, 1.54) is 40.8 Å². The minimum atomic E-state index is -1.05. The van der Waals surface area contributed by atoms with Gasteiger partial charge in [0.1, 0.15) is 0 Å². The van der Waals surface area contributed by atoms with Crippen molar-refractivity contribution in [2.45, 2.75) is 120 Å². The molecule has 0 aromatic carbocycles. The van der Waals surface area contributed by atoms with Crippen LogP contribution in [0.5, 0.6) is 0 Å². The fraction of sp³-hybridized carbons (Fsp3) is 1.00. The quantitative estimate of drug-likeness (QED) is 0.422. The highest BCUT2D eigenvalue weighted by molar-refractivity contribution is 6.86. The first-order valence-corrected chi connectivity index (χ1v) is 15.9. The van der Waals surface area contributed by atoms with Gasteiger partial charge in [-0.05, 0) is 83.7 Å². The largest absolute Gasteiger partial charge is 0.0685 e. The highest BCUT2D eigenvalue weighted by atomic mass is 28.3. The van der Waals surface area contributed by atoms with Crippen LogP contribution in [0.3, 0.4) is 0 Å². The minimum Gasteiger partial charge on any atom is -0.0685 e. The van der Waals surface area contributed by atoms with Gasteiger partial charge in [0, 0.05) is 0 Å². The van der Waals surface area contributed by atoms with Crippen LogP contribution < -0.4 is 0 Å². The van der Waals surface area contributed by atoms with Crippen LogP contribution in [0.1, 0.15) is 96.8 Å². The molecule has 27 heavy (non-hydrogen) atoms. The van der Waals surface area contributed by atoms with Crippen molar-refractivity contribution in [3.05, 3.63) is 0 Å². The molecule has 1 heterocycles. The van der Waals surface area contributed by atoms with Crippen LogP contribution >= 0.6 is 0 Å². The summed E-state index contributed by atoms with van der Waals surface area (Å²) < 4.78 is 0. The first-order valence-electron chi connectivity index (χ1n) is 13.2. The molecule has 0 radical (unpaired) electrons. The zero-order valence-electron chi connectivity index (χ0n) is 18.2. The Kier molecular flexibility index (Phi) is 4.41. The van der Waals surface area contributed by atoms with E-state index in [0.29, 0.717) is 0 Å². The topological polar surface area (TPSA) is 0 Å². The van der Waals surface area contributed by atoms with Crippen molar-refractivity contribution >= 4 is 8.07 Å². The first-order chi connectivity index (χ1) is 13.2. The Morgan fingerprint density at radius 3 is 2.19 bits per heavy atom. The van der Waals surface area contributed by atoms with Crippen LogP contribution in [0.25, 0.3) is 0 Å². The SMILES string of the molecule is CC1CC2CC(C3CCCCC3)CCC2C1[Si]1(C)C2CCCC3CCC1C32. The lowest BCUT2D eigenvalue weighted by molar-refractivity contribution is 0.128. The normalized spacial score (nSPS) is 57.8. The molecule has 5 saturated carbocycles. The number of hydrogen-bond acceptors (Lipinski definition) is 0. The van der Waals surface area contributed by atoms with Gasteiger partial charge in [-0.2, -0.15) is 0 Å². The summed E-state index contributed by atoms with van der Waals surface area (Å²) in [5, 5.41) is 0. The summed E-state index contributed by atoms with van der Waals surface area (Å²) in [5.74, 6) is 8.09.